The second kappa shape index (κ2) is 7.20. The summed E-state index contributed by atoms with van der Waals surface area (Å²) in [4.78, 5) is 24.6. The van der Waals surface area contributed by atoms with Crippen LogP contribution in [-0.2, 0) is 18.0 Å². The molecular weight excluding hydrogens is 322 g/mol. The largest absolute Gasteiger partial charge is 0.392 e. The van der Waals surface area contributed by atoms with Gasteiger partial charge in [0.1, 0.15) is 5.82 Å². The van der Waals surface area contributed by atoms with Crippen LogP contribution in [0.1, 0.15) is 24.5 Å². The van der Waals surface area contributed by atoms with Gasteiger partial charge in [0.25, 0.3) is 0 Å². The van der Waals surface area contributed by atoms with Gasteiger partial charge in [-0.3, -0.25) is 4.79 Å². The van der Waals surface area contributed by atoms with Crippen molar-refractivity contribution in [1.82, 2.24) is 14.9 Å². The Kier molecular flexibility index (Phi) is 5.00. The standard InChI is InChI=1S/C17H23N5O3/c1-2-15(25)21-3-5-22(6-4-21)17-19-14-8-12(10-24)11(9-23)7-13(14)16(18)20-17/h7-8,23-24H,2-6,9-10H2,1H3,(H2,18,19,20). The molecule has 1 aromatic carbocycles. The quantitative estimate of drug-likeness (QED) is 0.727. The SMILES string of the molecule is CCC(=O)N1CCN(c2nc(N)c3cc(CO)c(CO)cc3n2)CC1. The molecule has 8 nitrogen and oxygen atoms in total. The first-order valence-corrected chi connectivity index (χ1v) is 8.40. The van der Waals surface area contributed by atoms with E-state index in [-0.39, 0.29) is 19.1 Å². The Morgan fingerprint density at radius 1 is 1.12 bits per heavy atom. The second-order valence-electron chi connectivity index (χ2n) is 6.08. The topological polar surface area (TPSA) is 116 Å². The van der Waals surface area contributed by atoms with Gasteiger partial charge < -0.3 is 25.7 Å². The highest BCUT2D eigenvalue weighted by molar-refractivity contribution is 5.90. The molecular formula is C17H23N5O3. The maximum Gasteiger partial charge on any atom is 0.228 e. The Hall–Kier alpha value is -2.45. The summed E-state index contributed by atoms with van der Waals surface area (Å²) in [5.41, 5.74) is 7.96. The highest BCUT2D eigenvalue weighted by Gasteiger charge is 2.22. The number of aromatic nitrogens is 2. The van der Waals surface area contributed by atoms with E-state index in [0.717, 1.165) is 0 Å². The second-order valence-corrected chi connectivity index (χ2v) is 6.08. The van der Waals surface area contributed by atoms with E-state index in [1.807, 2.05) is 16.7 Å². The lowest BCUT2D eigenvalue weighted by atomic mass is 10.1. The van der Waals surface area contributed by atoms with Crippen LogP contribution in [0.15, 0.2) is 12.1 Å². The maximum absolute atomic E-state index is 11.8. The van der Waals surface area contributed by atoms with Crippen LogP contribution in [0.25, 0.3) is 10.9 Å². The van der Waals surface area contributed by atoms with E-state index in [1.54, 1.807) is 12.1 Å². The number of aliphatic hydroxyl groups excluding tert-OH is 2. The van der Waals surface area contributed by atoms with Crippen molar-refractivity contribution in [3.8, 4) is 0 Å². The first-order valence-electron chi connectivity index (χ1n) is 8.40. The minimum Gasteiger partial charge on any atom is -0.392 e. The van der Waals surface area contributed by atoms with Crippen molar-refractivity contribution in [1.29, 1.82) is 0 Å². The zero-order valence-corrected chi connectivity index (χ0v) is 14.3. The van der Waals surface area contributed by atoms with Crippen LogP contribution in [0.3, 0.4) is 0 Å². The minimum atomic E-state index is -0.180. The summed E-state index contributed by atoms with van der Waals surface area (Å²) in [6.45, 7) is 4.08. The van der Waals surface area contributed by atoms with Gasteiger partial charge in [0, 0.05) is 38.0 Å². The summed E-state index contributed by atoms with van der Waals surface area (Å²) in [6.07, 6.45) is 0.510. The molecule has 25 heavy (non-hydrogen) atoms. The molecule has 4 N–H and O–H groups in total. The number of carbonyl (C=O) groups is 1. The third-order valence-corrected chi connectivity index (χ3v) is 4.59. The monoisotopic (exact) mass is 345 g/mol. The average molecular weight is 345 g/mol. The van der Waals surface area contributed by atoms with Gasteiger partial charge in [0.05, 0.1) is 18.7 Å². The number of rotatable bonds is 4. The third kappa shape index (κ3) is 3.35. The van der Waals surface area contributed by atoms with Gasteiger partial charge in [-0.25, -0.2) is 4.98 Å². The maximum atomic E-state index is 11.8. The van der Waals surface area contributed by atoms with Crippen LogP contribution in [-0.4, -0.2) is 57.2 Å². The van der Waals surface area contributed by atoms with Gasteiger partial charge in [-0.1, -0.05) is 6.92 Å². The lowest BCUT2D eigenvalue weighted by molar-refractivity contribution is -0.131. The molecule has 1 aromatic heterocycles. The van der Waals surface area contributed by atoms with Gasteiger partial charge in [0.2, 0.25) is 11.9 Å². The molecule has 1 aliphatic heterocycles. The van der Waals surface area contributed by atoms with Crippen molar-refractivity contribution in [2.45, 2.75) is 26.6 Å². The van der Waals surface area contributed by atoms with Crippen LogP contribution in [0.2, 0.25) is 0 Å². The van der Waals surface area contributed by atoms with E-state index in [0.29, 0.717) is 66.4 Å². The molecule has 0 saturated carbocycles. The molecule has 0 radical (unpaired) electrons. The van der Waals surface area contributed by atoms with Gasteiger partial charge in [-0.05, 0) is 23.3 Å². The normalized spacial score (nSPS) is 15.0. The number of nitrogen functional groups attached to an aromatic ring is 1. The van der Waals surface area contributed by atoms with E-state index in [1.165, 1.54) is 0 Å². The summed E-state index contributed by atoms with van der Waals surface area (Å²) >= 11 is 0. The number of fused-ring (bicyclic) bond motifs is 1. The average Bonchev–Trinajstić information content (AvgIpc) is 2.66. The predicted octanol–water partition coefficient (Wildman–Crippen LogP) is 0.255. The number of carbonyl (C=O) groups excluding carboxylic acids is 1. The highest BCUT2D eigenvalue weighted by Crippen LogP contribution is 2.26. The minimum absolute atomic E-state index is 0.155. The Balaban J connectivity index is 1.89. The molecule has 3 rings (SSSR count). The zero-order valence-electron chi connectivity index (χ0n) is 14.3. The summed E-state index contributed by atoms with van der Waals surface area (Å²) in [6, 6.07) is 3.46. The van der Waals surface area contributed by atoms with E-state index < -0.39 is 0 Å². The fraction of sp³-hybridized carbons (Fsp3) is 0.471. The van der Waals surface area contributed by atoms with Crippen LogP contribution in [0.5, 0.6) is 0 Å². The van der Waals surface area contributed by atoms with Crippen molar-refractivity contribution in [3.63, 3.8) is 0 Å². The van der Waals surface area contributed by atoms with E-state index in [4.69, 9.17) is 5.73 Å². The zero-order chi connectivity index (χ0) is 18.0. The molecule has 2 heterocycles. The number of piperazine rings is 1. The molecule has 0 bridgehead atoms. The summed E-state index contributed by atoms with van der Waals surface area (Å²) < 4.78 is 0. The van der Waals surface area contributed by atoms with E-state index >= 15 is 0 Å². The van der Waals surface area contributed by atoms with Crippen LogP contribution in [0.4, 0.5) is 11.8 Å². The molecule has 1 amide bonds. The van der Waals surface area contributed by atoms with Crippen molar-refractivity contribution >= 4 is 28.6 Å². The Labute approximate surface area is 145 Å². The molecule has 2 aromatic rings. The summed E-state index contributed by atoms with van der Waals surface area (Å²) in [7, 11) is 0. The number of aliphatic hydroxyl groups is 2. The predicted molar refractivity (Wildman–Crippen MR) is 94.9 cm³/mol. The van der Waals surface area contributed by atoms with E-state index in [2.05, 4.69) is 9.97 Å². The van der Waals surface area contributed by atoms with E-state index in [9.17, 15) is 15.0 Å². The number of benzene rings is 1. The number of nitrogens with two attached hydrogens (primary N) is 1. The molecule has 0 atom stereocenters. The molecule has 0 spiro atoms. The van der Waals surface area contributed by atoms with Crippen molar-refractivity contribution in [2.75, 3.05) is 36.8 Å². The summed E-state index contributed by atoms with van der Waals surface area (Å²) in [5, 5.41) is 19.5. The number of hydrogen-bond donors (Lipinski definition) is 3. The molecule has 134 valence electrons. The lowest BCUT2D eigenvalue weighted by Crippen LogP contribution is -2.49. The first kappa shape index (κ1) is 17.4. The highest BCUT2D eigenvalue weighted by atomic mass is 16.3. The Morgan fingerprint density at radius 3 is 2.36 bits per heavy atom. The number of nitrogens with zero attached hydrogens (tertiary/aromatic N) is 4. The number of amides is 1. The fourth-order valence-corrected chi connectivity index (χ4v) is 3.09. The molecule has 0 aliphatic carbocycles. The van der Waals surface area contributed by atoms with Gasteiger partial charge >= 0.3 is 0 Å². The fourth-order valence-electron chi connectivity index (χ4n) is 3.09. The van der Waals surface area contributed by atoms with Crippen LogP contribution in [0, 0.1) is 0 Å². The van der Waals surface area contributed by atoms with Gasteiger partial charge in [0.15, 0.2) is 0 Å². The van der Waals surface area contributed by atoms with Gasteiger partial charge in [-0.15, -0.1) is 0 Å². The third-order valence-electron chi connectivity index (χ3n) is 4.59. The number of hydrogen-bond acceptors (Lipinski definition) is 7. The van der Waals surface area contributed by atoms with Crippen molar-refractivity contribution in [2.24, 2.45) is 0 Å². The molecule has 8 heteroatoms. The first-order chi connectivity index (χ1) is 12.1. The Morgan fingerprint density at radius 2 is 1.76 bits per heavy atom. The smallest absolute Gasteiger partial charge is 0.228 e. The molecule has 1 saturated heterocycles. The van der Waals surface area contributed by atoms with Gasteiger partial charge in [-0.2, -0.15) is 4.98 Å². The Bertz CT molecular complexity index is 787. The molecule has 0 unspecified atom stereocenters. The number of anilines is 2. The molecule has 1 aliphatic rings. The van der Waals surface area contributed by atoms with Crippen molar-refractivity contribution in [3.05, 3.63) is 23.3 Å². The lowest BCUT2D eigenvalue weighted by Gasteiger charge is -2.34. The van der Waals surface area contributed by atoms with Crippen LogP contribution >= 0.6 is 0 Å². The van der Waals surface area contributed by atoms with Crippen molar-refractivity contribution < 1.29 is 15.0 Å². The summed E-state index contributed by atoms with van der Waals surface area (Å²) in [5.74, 6) is 1.02. The molecule has 1 fully saturated rings. The van der Waals surface area contributed by atoms with Crippen LogP contribution < -0.4 is 10.6 Å².